The molecule has 0 N–H and O–H groups in total. The Kier molecular flexibility index (Phi) is 7.29. The maximum absolute atomic E-state index is 6.24. The summed E-state index contributed by atoms with van der Waals surface area (Å²) in [5.41, 5.74) is 7.76. The highest BCUT2D eigenvalue weighted by Gasteiger charge is 2.16. The van der Waals surface area contributed by atoms with Gasteiger partial charge in [-0.3, -0.25) is 0 Å². The Labute approximate surface area is 176 Å². The van der Waals surface area contributed by atoms with Gasteiger partial charge >= 0.3 is 0 Å². The summed E-state index contributed by atoms with van der Waals surface area (Å²) in [6, 6.07) is 15.4. The number of hydrogen-bond acceptors (Lipinski definition) is 3. The first kappa shape index (κ1) is 21.4. The van der Waals surface area contributed by atoms with Gasteiger partial charge in [0.15, 0.2) is 0 Å². The van der Waals surface area contributed by atoms with E-state index in [4.69, 9.17) is 4.74 Å². The maximum Gasteiger partial charge on any atom is 0.127 e. The lowest BCUT2D eigenvalue weighted by Crippen LogP contribution is -2.20. The summed E-state index contributed by atoms with van der Waals surface area (Å²) in [6.07, 6.45) is 6.79. The molecule has 0 heterocycles. The molecule has 0 bridgehead atoms. The van der Waals surface area contributed by atoms with Gasteiger partial charge in [-0.15, -0.1) is 0 Å². The van der Waals surface area contributed by atoms with Crippen molar-refractivity contribution in [2.45, 2.75) is 19.8 Å². The lowest BCUT2D eigenvalue weighted by atomic mass is 9.89. The van der Waals surface area contributed by atoms with E-state index in [9.17, 15) is 0 Å². The summed E-state index contributed by atoms with van der Waals surface area (Å²) in [5.74, 6) is 0.973. The van der Waals surface area contributed by atoms with Gasteiger partial charge in [0.2, 0.25) is 0 Å². The van der Waals surface area contributed by atoms with Crippen molar-refractivity contribution in [3.63, 3.8) is 0 Å². The van der Waals surface area contributed by atoms with Gasteiger partial charge in [0.1, 0.15) is 12.4 Å². The van der Waals surface area contributed by atoms with Gasteiger partial charge in [0.25, 0.3) is 0 Å². The van der Waals surface area contributed by atoms with Crippen LogP contribution in [-0.2, 0) is 0 Å². The largest absolute Gasteiger partial charge is 0.492 e. The standard InChI is InChI=1S/C26H34N2O/c1-20-10-12-21(13-11-20)22-14-15-26(29-17-16-27(2)3)25(18-22)24-9-7-6-8-23(24)19-28(4)5/h7,9-15,18H,6,8,16-17,19H2,1-5H3. The average molecular weight is 391 g/mol. The summed E-state index contributed by atoms with van der Waals surface area (Å²) in [7, 11) is 8.43. The molecule has 2 aromatic carbocycles. The Hall–Kier alpha value is -2.36. The van der Waals surface area contributed by atoms with Crippen molar-refractivity contribution >= 4 is 5.57 Å². The van der Waals surface area contributed by atoms with Crippen LogP contribution in [0.5, 0.6) is 5.75 Å². The average Bonchev–Trinajstić information content (AvgIpc) is 2.69. The predicted molar refractivity (Wildman–Crippen MR) is 125 cm³/mol. The van der Waals surface area contributed by atoms with Crippen LogP contribution in [0, 0.1) is 6.92 Å². The molecule has 3 heteroatoms. The zero-order valence-corrected chi connectivity index (χ0v) is 18.5. The molecule has 0 aromatic heterocycles. The molecule has 1 aliphatic rings. The van der Waals surface area contributed by atoms with E-state index in [1.54, 1.807) is 0 Å². The number of likely N-dealkylation sites (N-methyl/N-ethyl adjacent to an activating group) is 2. The van der Waals surface area contributed by atoms with Gasteiger partial charge in [0.05, 0.1) is 0 Å². The second-order valence-electron chi connectivity index (χ2n) is 8.42. The highest BCUT2D eigenvalue weighted by Crippen LogP contribution is 2.36. The SMILES string of the molecule is Cc1ccc(-c2ccc(OCCN(C)C)c(C3=C(CN(C)C)CCC=C3)c2)cc1. The number of benzene rings is 2. The molecule has 0 saturated heterocycles. The molecule has 0 aliphatic heterocycles. The summed E-state index contributed by atoms with van der Waals surface area (Å²) < 4.78 is 6.24. The Balaban J connectivity index is 2.04. The predicted octanol–water partition coefficient (Wildman–Crippen LogP) is 5.27. The maximum atomic E-state index is 6.24. The van der Waals surface area contributed by atoms with E-state index >= 15 is 0 Å². The van der Waals surface area contributed by atoms with Gasteiger partial charge in [-0.05, 0) is 82.4 Å². The topological polar surface area (TPSA) is 15.7 Å². The number of hydrogen-bond donors (Lipinski definition) is 0. The van der Waals surface area contributed by atoms with Crippen molar-refractivity contribution < 1.29 is 4.74 Å². The fourth-order valence-electron chi connectivity index (χ4n) is 3.67. The van der Waals surface area contributed by atoms with E-state index in [1.807, 2.05) is 0 Å². The van der Waals surface area contributed by atoms with Gasteiger partial charge in [-0.25, -0.2) is 0 Å². The molecule has 0 spiro atoms. The third-order valence-electron chi connectivity index (χ3n) is 5.24. The highest BCUT2D eigenvalue weighted by molar-refractivity contribution is 5.84. The first-order valence-electron chi connectivity index (χ1n) is 10.5. The van der Waals surface area contributed by atoms with E-state index in [1.165, 1.54) is 33.4 Å². The second kappa shape index (κ2) is 9.91. The van der Waals surface area contributed by atoms with Crippen LogP contribution < -0.4 is 4.74 Å². The normalized spacial score (nSPS) is 14.2. The van der Waals surface area contributed by atoms with Crippen LogP contribution in [0.15, 0.2) is 60.2 Å². The fourth-order valence-corrected chi connectivity index (χ4v) is 3.67. The number of ether oxygens (including phenoxy) is 1. The third kappa shape index (κ3) is 5.81. The van der Waals surface area contributed by atoms with Crippen LogP contribution in [-0.4, -0.2) is 57.7 Å². The molecular weight excluding hydrogens is 356 g/mol. The van der Waals surface area contributed by atoms with E-state index < -0.39 is 0 Å². The van der Waals surface area contributed by atoms with Crippen LogP contribution in [0.3, 0.4) is 0 Å². The quantitative estimate of drug-likeness (QED) is 0.611. The Morgan fingerprint density at radius 1 is 0.897 bits per heavy atom. The molecular formula is C26H34N2O. The summed E-state index contributed by atoms with van der Waals surface area (Å²) in [4.78, 5) is 4.41. The Morgan fingerprint density at radius 2 is 1.62 bits per heavy atom. The molecule has 0 fully saturated rings. The second-order valence-corrected chi connectivity index (χ2v) is 8.42. The van der Waals surface area contributed by atoms with Crippen molar-refractivity contribution in [2.24, 2.45) is 0 Å². The fraction of sp³-hybridized carbons (Fsp3) is 0.385. The zero-order valence-electron chi connectivity index (χ0n) is 18.5. The monoisotopic (exact) mass is 390 g/mol. The van der Waals surface area contributed by atoms with E-state index in [-0.39, 0.29) is 0 Å². The number of aryl methyl sites for hydroxylation is 1. The van der Waals surface area contributed by atoms with E-state index in [0.29, 0.717) is 6.61 Å². The van der Waals surface area contributed by atoms with Crippen LogP contribution >= 0.6 is 0 Å². The molecule has 154 valence electrons. The Bertz CT molecular complexity index is 876. The van der Waals surface area contributed by atoms with Crippen molar-refractivity contribution in [1.82, 2.24) is 9.80 Å². The minimum atomic E-state index is 0.684. The van der Waals surface area contributed by atoms with Crippen LogP contribution in [0.1, 0.15) is 24.0 Å². The number of nitrogens with zero attached hydrogens (tertiary/aromatic N) is 2. The van der Waals surface area contributed by atoms with Crippen molar-refractivity contribution in [3.8, 4) is 16.9 Å². The van der Waals surface area contributed by atoms with E-state index in [0.717, 1.165) is 31.7 Å². The molecule has 0 unspecified atom stereocenters. The minimum absolute atomic E-state index is 0.684. The molecule has 0 atom stereocenters. The van der Waals surface area contributed by atoms with Crippen LogP contribution in [0.4, 0.5) is 0 Å². The molecule has 3 nitrogen and oxygen atoms in total. The highest BCUT2D eigenvalue weighted by atomic mass is 16.5. The molecule has 0 radical (unpaired) electrons. The molecule has 1 aliphatic carbocycles. The third-order valence-corrected chi connectivity index (χ3v) is 5.24. The smallest absolute Gasteiger partial charge is 0.127 e. The van der Waals surface area contributed by atoms with Crippen molar-refractivity contribution in [1.29, 1.82) is 0 Å². The van der Waals surface area contributed by atoms with Gasteiger partial charge in [0, 0.05) is 18.7 Å². The lowest BCUT2D eigenvalue weighted by molar-refractivity contribution is 0.261. The molecule has 0 amide bonds. The molecule has 0 saturated carbocycles. The van der Waals surface area contributed by atoms with E-state index in [2.05, 4.69) is 99.5 Å². The summed E-state index contributed by atoms with van der Waals surface area (Å²) >= 11 is 0. The van der Waals surface area contributed by atoms with Crippen molar-refractivity contribution in [3.05, 3.63) is 71.3 Å². The number of allylic oxidation sites excluding steroid dienone is 3. The molecule has 2 aromatic rings. The van der Waals surface area contributed by atoms with Gasteiger partial charge in [-0.1, -0.05) is 48.0 Å². The van der Waals surface area contributed by atoms with Crippen LogP contribution in [0.2, 0.25) is 0 Å². The Morgan fingerprint density at radius 3 is 2.31 bits per heavy atom. The zero-order chi connectivity index (χ0) is 20.8. The van der Waals surface area contributed by atoms with Crippen LogP contribution in [0.25, 0.3) is 16.7 Å². The first-order chi connectivity index (χ1) is 13.9. The van der Waals surface area contributed by atoms with Crippen molar-refractivity contribution in [2.75, 3.05) is 47.9 Å². The van der Waals surface area contributed by atoms with Gasteiger partial charge in [-0.2, -0.15) is 0 Å². The number of rotatable bonds is 8. The first-order valence-corrected chi connectivity index (χ1v) is 10.5. The summed E-state index contributed by atoms with van der Waals surface area (Å²) in [6.45, 7) is 4.69. The molecule has 29 heavy (non-hydrogen) atoms. The molecule has 3 rings (SSSR count). The lowest BCUT2D eigenvalue weighted by Gasteiger charge is -2.22. The minimum Gasteiger partial charge on any atom is -0.492 e. The summed E-state index contributed by atoms with van der Waals surface area (Å²) in [5, 5.41) is 0. The van der Waals surface area contributed by atoms with Gasteiger partial charge < -0.3 is 14.5 Å².